The van der Waals surface area contributed by atoms with Crippen LogP contribution in [0.15, 0.2) is 48.5 Å². The largest absolute Gasteiger partial charge is 1.00 e. The zero-order valence-corrected chi connectivity index (χ0v) is 17.9. The van der Waals surface area contributed by atoms with Crippen molar-refractivity contribution in [1.82, 2.24) is 14.9 Å². The summed E-state index contributed by atoms with van der Waals surface area (Å²) in [5, 5.41) is 1.14. The molecule has 1 aliphatic rings. The number of hydrogen-bond donors (Lipinski definition) is 0. The smallest absolute Gasteiger partial charge is 0.162 e. The summed E-state index contributed by atoms with van der Waals surface area (Å²) in [6.45, 7) is 10.8. The SMILES string of the molecule is CN1CCN(c2nc(-c3ccc(C(C)(C)C)cc3)nc3ccccc23)CC1.[Cl-]. The fourth-order valence-electron chi connectivity index (χ4n) is 3.57. The Morgan fingerprint density at radius 1 is 0.821 bits per heavy atom. The molecule has 1 aliphatic heterocycles. The Morgan fingerprint density at radius 2 is 1.46 bits per heavy atom. The van der Waals surface area contributed by atoms with Gasteiger partial charge in [-0.2, -0.15) is 0 Å². The zero-order chi connectivity index (χ0) is 19.0. The molecule has 3 aromatic rings. The van der Waals surface area contributed by atoms with Crippen molar-refractivity contribution < 1.29 is 12.4 Å². The summed E-state index contributed by atoms with van der Waals surface area (Å²) >= 11 is 0. The molecule has 1 saturated heterocycles. The van der Waals surface area contributed by atoms with Gasteiger partial charge in [0.15, 0.2) is 5.82 Å². The highest BCUT2D eigenvalue weighted by molar-refractivity contribution is 5.91. The summed E-state index contributed by atoms with van der Waals surface area (Å²) < 4.78 is 0. The molecule has 2 heterocycles. The predicted octanol–water partition coefficient (Wildman–Crippen LogP) is 1.35. The standard InChI is InChI=1S/C23H28N4.ClH/c1-23(2,3)18-11-9-17(10-12-18)21-24-20-8-6-5-7-19(20)22(25-21)27-15-13-26(4)14-16-27;/h5-12H,13-16H2,1-4H3;1H/p-1. The van der Waals surface area contributed by atoms with E-state index in [2.05, 4.69) is 86.1 Å². The number of halogens is 1. The highest BCUT2D eigenvalue weighted by Gasteiger charge is 2.20. The number of likely N-dealkylation sites (N-methyl/N-ethyl adjacent to an activating group) is 1. The van der Waals surface area contributed by atoms with Crippen LogP contribution in [-0.2, 0) is 5.41 Å². The molecule has 0 spiro atoms. The van der Waals surface area contributed by atoms with Crippen LogP contribution < -0.4 is 17.3 Å². The lowest BCUT2D eigenvalue weighted by molar-refractivity contribution is -0.00000602. The van der Waals surface area contributed by atoms with E-state index in [4.69, 9.17) is 9.97 Å². The molecule has 0 unspecified atom stereocenters. The number of nitrogens with zero attached hydrogens (tertiary/aromatic N) is 4. The van der Waals surface area contributed by atoms with Gasteiger partial charge in [-0.3, -0.25) is 0 Å². The van der Waals surface area contributed by atoms with Gasteiger partial charge in [-0.1, -0.05) is 57.2 Å². The molecular formula is C23H28ClN4-. The molecule has 0 amide bonds. The molecule has 1 aromatic heterocycles. The quantitative estimate of drug-likeness (QED) is 0.655. The molecule has 4 rings (SSSR count). The van der Waals surface area contributed by atoms with Gasteiger partial charge in [0, 0.05) is 37.1 Å². The van der Waals surface area contributed by atoms with Gasteiger partial charge in [0.2, 0.25) is 0 Å². The molecule has 2 aromatic carbocycles. The van der Waals surface area contributed by atoms with Crippen molar-refractivity contribution in [3.05, 3.63) is 54.1 Å². The average molecular weight is 396 g/mol. The van der Waals surface area contributed by atoms with Gasteiger partial charge in [0.25, 0.3) is 0 Å². The third-order valence-corrected chi connectivity index (χ3v) is 5.40. The van der Waals surface area contributed by atoms with Crippen molar-refractivity contribution in [2.75, 3.05) is 38.1 Å². The molecule has 5 heteroatoms. The number of para-hydroxylation sites is 1. The summed E-state index contributed by atoms with van der Waals surface area (Å²) in [5.74, 6) is 1.87. The molecule has 0 N–H and O–H groups in total. The highest BCUT2D eigenvalue weighted by atomic mass is 35.5. The van der Waals surface area contributed by atoms with Crippen molar-refractivity contribution in [2.24, 2.45) is 0 Å². The molecule has 0 radical (unpaired) electrons. The molecule has 28 heavy (non-hydrogen) atoms. The third kappa shape index (κ3) is 4.13. The van der Waals surface area contributed by atoms with Crippen molar-refractivity contribution in [3.8, 4) is 11.4 Å². The maximum atomic E-state index is 5.01. The first-order valence-electron chi connectivity index (χ1n) is 9.73. The number of aromatic nitrogens is 2. The Labute approximate surface area is 174 Å². The van der Waals surface area contributed by atoms with E-state index in [0.29, 0.717) is 0 Å². The van der Waals surface area contributed by atoms with Crippen molar-refractivity contribution in [2.45, 2.75) is 26.2 Å². The minimum Gasteiger partial charge on any atom is -1.00 e. The van der Waals surface area contributed by atoms with Crippen LogP contribution >= 0.6 is 0 Å². The van der Waals surface area contributed by atoms with E-state index < -0.39 is 0 Å². The van der Waals surface area contributed by atoms with Crippen molar-refractivity contribution >= 4 is 16.7 Å². The van der Waals surface area contributed by atoms with Crippen LogP contribution in [0.3, 0.4) is 0 Å². The highest BCUT2D eigenvalue weighted by Crippen LogP contribution is 2.29. The normalized spacial score (nSPS) is 15.5. The first-order valence-corrected chi connectivity index (χ1v) is 9.73. The lowest BCUT2D eigenvalue weighted by Crippen LogP contribution is -3.00. The topological polar surface area (TPSA) is 32.3 Å². The van der Waals surface area contributed by atoms with E-state index in [0.717, 1.165) is 54.3 Å². The van der Waals surface area contributed by atoms with Crippen LogP contribution in [0.25, 0.3) is 22.3 Å². The van der Waals surface area contributed by atoms with Crippen molar-refractivity contribution in [1.29, 1.82) is 0 Å². The van der Waals surface area contributed by atoms with Gasteiger partial charge in [0.05, 0.1) is 5.52 Å². The van der Waals surface area contributed by atoms with E-state index in [1.807, 2.05) is 0 Å². The maximum Gasteiger partial charge on any atom is 0.162 e. The van der Waals surface area contributed by atoms with Gasteiger partial charge in [-0.05, 0) is 30.2 Å². The zero-order valence-electron chi connectivity index (χ0n) is 17.1. The summed E-state index contributed by atoms with van der Waals surface area (Å²) in [7, 11) is 2.18. The average Bonchev–Trinajstić information content (AvgIpc) is 2.67. The maximum absolute atomic E-state index is 5.01. The number of rotatable bonds is 2. The molecule has 0 bridgehead atoms. The molecule has 0 atom stereocenters. The van der Waals surface area contributed by atoms with Crippen LogP contribution in [0.1, 0.15) is 26.3 Å². The number of piperazine rings is 1. The van der Waals surface area contributed by atoms with Gasteiger partial charge in [0.1, 0.15) is 5.82 Å². The summed E-state index contributed by atoms with van der Waals surface area (Å²) in [6, 6.07) is 17.0. The lowest BCUT2D eigenvalue weighted by atomic mass is 9.87. The van der Waals surface area contributed by atoms with Crippen LogP contribution in [0, 0.1) is 0 Å². The van der Waals surface area contributed by atoms with Gasteiger partial charge >= 0.3 is 0 Å². The van der Waals surface area contributed by atoms with Crippen LogP contribution in [0.4, 0.5) is 5.82 Å². The molecular weight excluding hydrogens is 368 g/mol. The van der Waals surface area contributed by atoms with E-state index in [-0.39, 0.29) is 17.8 Å². The molecule has 0 aliphatic carbocycles. The number of benzene rings is 2. The third-order valence-electron chi connectivity index (χ3n) is 5.40. The first-order chi connectivity index (χ1) is 12.9. The second kappa shape index (κ2) is 8.06. The summed E-state index contributed by atoms with van der Waals surface area (Å²) in [4.78, 5) is 14.6. The van der Waals surface area contributed by atoms with Gasteiger partial charge < -0.3 is 22.2 Å². The number of fused-ring (bicyclic) bond motifs is 1. The predicted molar refractivity (Wildman–Crippen MR) is 113 cm³/mol. The first kappa shape index (κ1) is 20.6. The van der Waals surface area contributed by atoms with Crippen LogP contribution in [-0.4, -0.2) is 48.1 Å². The summed E-state index contributed by atoms with van der Waals surface area (Å²) in [5.41, 5.74) is 3.56. The fourth-order valence-corrected chi connectivity index (χ4v) is 3.57. The fraction of sp³-hybridized carbons (Fsp3) is 0.391. The second-order valence-electron chi connectivity index (χ2n) is 8.51. The molecule has 148 valence electrons. The monoisotopic (exact) mass is 395 g/mol. The summed E-state index contributed by atoms with van der Waals surface area (Å²) in [6.07, 6.45) is 0. The molecule has 1 fully saturated rings. The van der Waals surface area contributed by atoms with Crippen LogP contribution in [0.5, 0.6) is 0 Å². The van der Waals surface area contributed by atoms with E-state index >= 15 is 0 Å². The minimum absolute atomic E-state index is 0. The lowest BCUT2D eigenvalue weighted by Gasteiger charge is -2.33. The molecule has 4 nitrogen and oxygen atoms in total. The van der Waals surface area contributed by atoms with Crippen molar-refractivity contribution in [3.63, 3.8) is 0 Å². The Kier molecular flexibility index (Phi) is 5.92. The Balaban J connectivity index is 0.00000225. The Morgan fingerprint density at radius 3 is 2.11 bits per heavy atom. The second-order valence-corrected chi connectivity index (χ2v) is 8.51. The Bertz CT molecular complexity index is 939. The minimum atomic E-state index is 0. The van der Waals surface area contributed by atoms with Crippen LogP contribution in [0.2, 0.25) is 0 Å². The van der Waals surface area contributed by atoms with E-state index in [1.54, 1.807) is 0 Å². The van der Waals surface area contributed by atoms with Gasteiger partial charge in [-0.15, -0.1) is 0 Å². The number of anilines is 1. The Hall–Kier alpha value is -2.17. The van der Waals surface area contributed by atoms with Gasteiger partial charge in [-0.25, -0.2) is 9.97 Å². The molecule has 0 saturated carbocycles. The van der Waals surface area contributed by atoms with E-state index in [9.17, 15) is 0 Å². The van der Waals surface area contributed by atoms with E-state index in [1.165, 1.54) is 5.56 Å². The number of hydrogen-bond acceptors (Lipinski definition) is 4.